The smallest absolute Gasteiger partial charge is 0.0540 e. The molecule has 8 aromatic carbocycles. The van der Waals surface area contributed by atoms with E-state index < -0.39 is 0 Å². The van der Waals surface area contributed by atoms with Crippen molar-refractivity contribution >= 4 is 72.3 Å². The first-order valence-electron chi connectivity index (χ1n) is 14.5. The van der Waals surface area contributed by atoms with Crippen LogP contribution in [0.5, 0.6) is 0 Å². The molecule has 0 N–H and O–H groups in total. The summed E-state index contributed by atoms with van der Waals surface area (Å²) in [4.78, 5) is 2.36. The van der Waals surface area contributed by atoms with Gasteiger partial charge >= 0.3 is 0 Å². The highest BCUT2D eigenvalue weighted by Crippen LogP contribution is 2.39. The summed E-state index contributed by atoms with van der Waals surface area (Å²) in [5, 5.41) is 10.4. The highest BCUT2D eigenvalue weighted by Gasteiger charge is 2.15. The number of anilines is 3. The van der Waals surface area contributed by atoms with Gasteiger partial charge in [-0.3, -0.25) is 0 Å². The average molecular weight is 536 g/mol. The minimum atomic E-state index is 1.13. The van der Waals surface area contributed by atoms with Crippen molar-refractivity contribution in [1.29, 1.82) is 0 Å². The van der Waals surface area contributed by atoms with Gasteiger partial charge in [-0.15, -0.1) is 0 Å². The Bertz CT molecular complexity index is 2220. The van der Waals surface area contributed by atoms with E-state index in [9.17, 15) is 0 Å². The molecule has 42 heavy (non-hydrogen) atoms. The fraction of sp³-hybridized carbons (Fsp3) is 0.0244. The van der Waals surface area contributed by atoms with Gasteiger partial charge in [-0.1, -0.05) is 133 Å². The van der Waals surface area contributed by atoms with Gasteiger partial charge in [0.05, 0.1) is 5.69 Å². The summed E-state index contributed by atoms with van der Waals surface area (Å²) >= 11 is 0. The molecule has 0 heterocycles. The first kappa shape index (κ1) is 24.4. The number of aryl methyl sites for hydroxylation is 1. The number of nitrogens with zero attached hydrogens (tertiary/aromatic N) is 1. The molecular formula is C41H29N. The lowest BCUT2D eigenvalue weighted by atomic mass is 9.92. The zero-order chi connectivity index (χ0) is 28.0. The number of hydrogen-bond donors (Lipinski definition) is 0. The van der Waals surface area contributed by atoms with Gasteiger partial charge in [-0.05, 0) is 86.1 Å². The highest BCUT2D eigenvalue weighted by atomic mass is 15.1. The number of hydrogen-bond acceptors (Lipinski definition) is 1. The second kappa shape index (κ2) is 9.90. The first-order valence-corrected chi connectivity index (χ1v) is 14.5. The Morgan fingerprint density at radius 3 is 1.81 bits per heavy atom. The van der Waals surface area contributed by atoms with Gasteiger partial charge in [0, 0.05) is 16.8 Å². The normalized spacial score (nSPS) is 11.8. The Hall–Kier alpha value is -5.40. The van der Waals surface area contributed by atoms with Crippen LogP contribution in [0.3, 0.4) is 0 Å². The molecule has 0 amide bonds. The monoisotopic (exact) mass is 535 g/mol. The molecule has 0 aliphatic rings. The molecule has 0 unspecified atom stereocenters. The summed E-state index contributed by atoms with van der Waals surface area (Å²) in [5.41, 5.74) is 7.12. The van der Waals surface area contributed by atoms with E-state index in [2.05, 4.69) is 170 Å². The third-order valence-electron chi connectivity index (χ3n) is 8.47. The van der Waals surface area contributed by atoms with Crippen molar-refractivity contribution in [2.45, 2.75) is 6.92 Å². The van der Waals surface area contributed by atoms with Gasteiger partial charge in [-0.2, -0.15) is 0 Å². The Labute approximate surface area is 245 Å². The number of fused-ring (bicyclic) bond motifs is 1. The average Bonchev–Trinajstić information content (AvgIpc) is 3.04. The molecule has 1 nitrogen and oxygen atoms in total. The lowest BCUT2D eigenvalue weighted by Gasteiger charge is -2.27. The maximum atomic E-state index is 2.36. The predicted molar refractivity (Wildman–Crippen MR) is 182 cm³/mol. The topological polar surface area (TPSA) is 3.24 Å². The van der Waals surface area contributed by atoms with Crippen molar-refractivity contribution in [1.82, 2.24) is 0 Å². The zero-order valence-corrected chi connectivity index (χ0v) is 23.5. The molecule has 8 aromatic rings. The SMILES string of the molecule is Cc1ccc(N(c2ccc(C=Cc3ccc4ccc5cccc6ccc3c4c56)cc2)c2cccc3ccccc23)cc1. The molecule has 0 saturated heterocycles. The van der Waals surface area contributed by atoms with Gasteiger partial charge in [0.1, 0.15) is 0 Å². The van der Waals surface area contributed by atoms with Crippen molar-refractivity contribution < 1.29 is 0 Å². The van der Waals surface area contributed by atoms with Crippen LogP contribution < -0.4 is 4.90 Å². The van der Waals surface area contributed by atoms with Crippen LogP contribution in [0.15, 0.2) is 146 Å². The van der Waals surface area contributed by atoms with Gasteiger partial charge in [-0.25, -0.2) is 0 Å². The third-order valence-corrected chi connectivity index (χ3v) is 8.47. The van der Waals surface area contributed by atoms with E-state index in [1.54, 1.807) is 0 Å². The Morgan fingerprint density at radius 2 is 1.02 bits per heavy atom. The summed E-state index contributed by atoms with van der Waals surface area (Å²) in [5.74, 6) is 0. The molecule has 0 aromatic heterocycles. The molecule has 0 aliphatic heterocycles. The summed E-state index contributed by atoms with van der Waals surface area (Å²) in [7, 11) is 0. The van der Waals surface area contributed by atoms with Crippen LogP contribution in [0.2, 0.25) is 0 Å². The Balaban J connectivity index is 1.19. The molecule has 0 bridgehead atoms. The van der Waals surface area contributed by atoms with Crippen molar-refractivity contribution in [3.05, 3.63) is 162 Å². The van der Waals surface area contributed by atoms with Gasteiger partial charge in [0.25, 0.3) is 0 Å². The molecule has 0 aliphatic carbocycles. The lowest BCUT2D eigenvalue weighted by Crippen LogP contribution is -2.10. The molecule has 0 fully saturated rings. The maximum Gasteiger partial charge on any atom is 0.0540 e. The zero-order valence-electron chi connectivity index (χ0n) is 23.5. The molecule has 1 heteroatoms. The molecule has 0 atom stereocenters. The first-order chi connectivity index (χ1) is 20.7. The third kappa shape index (κ3) is 4.10. The number of rotatable bonds is 5. The predicted octanol–water partition coefficient (Wildman–Crippen LogP) is 11.7. The Morgan fingerprint density at radius 1 is 0.429 bits per heavy atom. The van der Waals surface area contributed by atoms with Crippen molar-refractivity contribution in [2.75, 3.05) is 4.90 Å². The second-order valence-corrected chi connectivity index (χ2v) is 11.1. The molecule has 198 valence electrons. The summed E-state index contributed by atoms with van der Waals surface area (Å²) in [6.07, 6.45) is 4.48. The van der Waals surface area contributed by atoms with Crippen LogP contribution in [0.25, 0.3) is 55.2 Å². The Kier molecular flexibility index (Phi) is 5.75. The van der Waals surface area contributed by atoms with E-state index in [0.29, 0.717) is 0 Å². The summed E-state index contributed by atoms with van der Waals surface area (Å²) in [6.45, 7) is 2.13. The molecule has 0 saturated carbocycles. The van der Waals surface area contributed by atoms with Crippen LogP contribution in [-0.2, 0) is 0 Å². The molecule has 0 radical (unpaired) electrons. The number of benzene rings is 8. The summed E-state index contributed by atoms with van der Waals surface area (Å²) in [6, 6.07) is 52.9. The largest absolute Gasteiger partial charge is 0.310 e. The van der Waals surface area contributed by atoms with Crippen LogP contribution in [0.1, 0.15) is 16.7 Å². The van der Waals surface area contributed by atoms with E-state index in [-0.39, 0.29) is 0 Å². The fourth-order valence-corrected chi connectivity index (χ4v) is 6.35. The van der Waals surface area contributed by atoms with Crippen LogP contribution in [-0.4, -0.2) is 0 Å². The van der Waals surface area contributed by atoms with Crippen molar-refractivity contribution in [3.8, 4) is 0 Å². The minimum Gasteiger partial charge on any atom is -0.310 e. The van der Waals surface area contributed by atoms with E-state index in [4.69, 9.17) is 0 Å². The lowest BCUT2D eigenvalue weighted by molar-refractivity contribution is 1.29. The molecule has 8 rings (SSSR count). The van der Waals surface area contributed by atoms with Gasteiger partial charge in [0.15, 0.2) is 0 Å². The van der Waals surface area contributed by atoms with E-state index in [0.717, 1.165) is 11.4 Å². The molecular weight excluding hydrogens is 506 g/mol. The van der Waals surface area contributed by atoms with Crippen LogP contribution in [0.4, 0.5) is 17.1 Å². The van der Waals surface area contributed by atoms with E-state index in [1.165, 1.54) is 65.5 Å². The minimum absolute atomic E-state index is 1.13. The maximum absolute atomic E-state index is 2.36. The van der Waals surface area contributed by atoms with Crippen LogP contribution in [0, 0.1) is 6.92 Å². The van der Waals surface area contributed by atoms with Crippen LogP contribution >= 0.6 is 0 Å². The highest BCUT2D eigenvalue weighted by molar-refractivity contribution is 6.24. The summed E-state index contributed by atoms with van der Waals surface area (Å²) < 4.78 is 0. The van der Waals surface area contributed by atoms with Crippen molar-refractivity contribution in [3.63, 3.8) is 0 Å². The van der Waals surface area contributed by atoms with Gasteiger partial charge in [0.2, 0.25) is 0 Å². The van der Waals surface area contributed by atoms with E-state index in [1.807, 2.05) is 0 Å². The fourth-order valence-electron chi connectivity index (χ4n) is 6.35. The van der Waals surface area contributed by atoms with E-state index >= 15 is 0 Å². The molecule has 0 spiro atoms. The second-order valence-electron chi connectivity index (χ2n) is 11.1. The van der Waals surface area contributed by atoms with Crippen molar-refractivity contribution in [2.24, 2.45) is 0 Å². The van der Waals surface area contributed by atoms with Gasteiger partial charge < -0.3 is 4.90 Å². The quantitative estimate of drug-likeness (QED) is 0.156. The standard InChI is InChI=1S/C41H29N/c1-28-12-23-35(24-13-28)42(39-11-5-7-30-6-2-3-10-37(30)39)36-25-15-29(16-26-36)14-17-31-18-19-34-21-20-32-8-4-9-33-22-27-38(31)41(34)40(32)33/h2-27H,1H3.